The highest BCUT2D eigenvalue weighted by atomic mass is 35.5. The third-order valence-electron chi connectivity index (χ3n) is 4.30. The third-order valence-corrected chi connectivity index (χ3v) is 4.53. The highest BCUT2D eigenvalue weighted by molar-refractivity contribution is 6.30. The van der Waals surface area contributed by atoms with Crippen molar-refractivity contribution < 1.29 is 14.3 Å². The zero-order valence-electron chi connectivity index (χ0n) is 15.1. The van der Waals surface area contributed by atoms with Crippen molar-refractivity contribution in [3.63, 3.8) is 0 Å². The van der Waals surface area contributed by atoms with E-state index in [2.05, 4.69) is 10.6 Å². The quantitative estimate of drug-likeness (QED) is 0.789. The topological polar surface area (TPSA) is 70.7 Å². The second kappa shape index (κ2) is 8.77. The van der Waals surface area contributed by atoms with E-state index in [9.17, 15) is 9.59 Å². The van der Waals surface area contributed by atoms with Crippen LogP contribution in [0.4, 0.5) is 16.2 Å². The van der Waals surface area contributed by atoms with Gasteiger partial charge in [-0.15, -0.1) is 0 Å². The molecule has 1 unspecified atom stereocenters. The molecule has 0 bridgehead atoms. The van der Waals surface area contributed by atoms with Crippen LogP contribution < -0.4 is 20.3 Å². The number of nitrogens with one attached hydrogen (secondary N) is 2. The second-order valence-electron chi connectivity index (χ2n) is 6.35. The maximum atomic E-state index is 12.3. The molecule has 2 N–H and O–H groups in total. The monoisotopic (exact) mass is 387 g/mol. The van der Waals surface area contributed by atoms with Crippen molar-refractivity contribution in [2.75, 3.05) is 29.9 Å². The molecule has 2 aromatic carbocycles. The first kappa shape index (κ1) is 19.0. The van der Waals surface area contributed by atoms with Crippen molar-refractivity contribution in [2.24, 2.45) is 5.92 Å². The molecule has 0 radical (unpaired) electrons. The number of hydrogen-bond donors (Lipinski definition) is 2. The lowest BCUT2D eigenvalue weighted by Crippen LogP contribution is -2.34. The minimum Gasteiger partial charge on any atom is -0.494 e. The van der Waals surface area contributed by atoms with Gasteiger partial charge in [0.05, 0.1) is 6.61 Å². The van der Waals surface area contributed by atoms with Crippen LogP contribution in [0, 0.1) is 5.92 Å². The summed E-state index contributed by atoms with van der Waals surface area (Å²) >= 11 is 5.90. The fourth-order valence-electron chi connectivity index (χ4n) is 3.04. The normalized spacial score (nSPS) is 16.3. The Bertz CT molecular complexity index is 810. The van der Waals surface area contributed by atoms with Crippen LogP contribution in [-0.2, 0) is 4.79 Å². The van der Waals surface area contributed by atoms with E-state index in [4.69, 9.17) is 16.3 Å². The number of nitrogens with zero attached hydrogens (tertiary/aromatic N) is 1. The van der Waals surface area contributed by atoms with Crippen LogP contribution in [-0.4, -0.2) is 31.6 Å². The Labute approximate surface area is 163 Å². The maximum Gasteiger partial charge on any atom is 0.319 e. The maximum absolute atomic E-state index is 12.3. The van der Waals surface area contributed by atoms with E-state index in [0.29, 0.717) is 36.8 Å². The highest BCUT2D eigenvalue weighted by Crippen LogP contribution is 2.26. The van der Waals surface area contributed by atoms with Crippen LogP contribution in [0.1, 0.15) is 13.3 Å². The van der Waals surface area contributed by atoms with Gasteiger partial charge < -0.3 is 20.3 Å². The van der Waals surface area contributed by atoms with Gasteiger partial charge in [-0.2, -0.15) is 0 Å². The predicted molar refractivity (Wildman–Crippen MR) is 107 cm³/mol. The number of anilines is 2. The van der Waals surface area contributed by atoms with Gasteiger partial charge in [0.15, 0.2) is 0 Å². The van der Waals surface area contributed by atoms with Gasteiger partial charge in [0.2, 0.25) is 5.91 Å². The molecular weight excluding hydrogens is 366 g/mol. The van der Waals surface area contributed by atoms with Crippen LogP contribution in [0.3, 0.4) is 0 Å². The smallest absolute Gasteiger partial charge is 0.319 e. The third kappa shape index (κ3) is 5.14. The van der Waals surface area contributed by atoms with E-state index in [1.54, 1.807) is 29.2 Å². The second-order valence-corrected chi connectivity index (χ2v) is 6.78. The summed E-state index contributed by atoms with van der Waals surface area (Å²) < 4.78 is 5.43. The number of benzene rings is 2. The highest BCUT2D eigenvalue weighted by Gasteiger charge is 2.30. The number of halogens is 1. The largest absolute Gasteiger partial charge is 0.494 e. The zero-order chi connectivity index (χ0) is 19.2. The molecule has 7 heteroatoms. The van der Waals surface area contributed by atoms with E-state index >= 15 is 0 Å². The molecule has 1 aliphatic rings. The summed E-state index contributed by atoms with van der Waals surface area (Å²) in [4.78, 5) is 26.1. The molecule has 0 aromatic heterocycles. The van der Waals surface area contributed by atoms with Crippen molar-refractivity contribution >= 4 is 34.9 Å². The first-order valence-corrected chi connectivity index (χ1v) is 9.26. The number of carbonyl (C=O) groups is 2. The SMILES string of the molecule is CCOc1ccc(N2CC(CNC(=O)Nc3cccc(Cl)c3)CC2=O)cc1. The summed E-state index contributed by atoms with van der Waals surface area (Å²) in [5.74, 6) is 0.902. The van der Waals surface area contributed by atoms with E-state index in [1.165, 1.54) is 0 Å². The van der Waals surface area contributed by atoms with Crippen LogP contribution in [0.2, 0.25) is 5.02 Å². The molecule has 3 amide bonds. The lowest BCUT2D eigenvalue weighted by Gasteiger charge is -2.17. The Kier molecular flexibility index (Phi) is 6.19. The van der Waals surface area contributed by atoms with Crippen LogP contribution in [0.5, 0.6) is 5.75 Å². The zero-order valence-corrected chi connectivity index (χ0v) is 15.8. The number of urea groups is 1. The summed E-state index contributed by atoms with van der Waals surface area (Å²) in [5, 5.41) is 6.11. The van der Waals surface area contributed by atoms with Gasteiger partial charge in [0.25, 0.3) is 0 Å². The molecular formula is C20H22ClN3O3. The van der Waals surface area contributed by atoms with Crippen molar-refractivity contribution in [3.8, 4) is 5.75 Å². The fraction of sp³-hybridized carbons (Fsp3) is 0.300. The summed E-state index contributed by atoms with van der Waals surface area (Å²) in [6.07, 6.45) is 0.407. The standard InChI is InChI=1S/C20H22ClN3O3/c1-2-27-18-8-6-17(7-9-18)24-13-14(10-19(24)25)12-22-20(26)23-16-5-3-4-15(21)11-16/h3-9,11,14H,2,10,12-13H2,1H3,(H2,22,23,26). The Hall–Kier alpha value is -2.73. The molecule has 2 aromatic rings. The van der Waals surface area contributed by atoms with E-state index in [-0.39, 0.29) is 17.9 Å². The van der Waals surface area contributed by atoms with Gasteiger partial charge in [0.1, 0.15) is 5.75 Å². The average molecular weight is 388 g/mol. The van der Waals surface area contributed by atoms with Crippen molar-refractivity contribution in [2.45, 2.75) is 13.3 Å². The number of amides is 3. The van der Waals surface area contributed by atoms with Gasteiger partial charge in [0, 0.05) is 41.8 Å². The molecule has 1 heterocycles. The lowest BCUT2D eigenvalue weighted by molar-refractivity contribution is -0.117. The number of rotatable bonds is 6. The van der Waals surface area contributed by atoms with Crippen molar-refractivity contribution in [1.29, 1.82) is 0 Å². The Morgan fingerprint density at radius 3 is 2.74 bits per heavy atom. The van der Waals surface area contributed by atoms with E-state index in [0.717, 1.165) is 11.4 Å². The first-order valence-electron chi connectivity index (χ1n) is 8.89. The molecule has 6 nitrogen and oxygen atoms in total. The Balaban J connectivity index is 1.50. The average Bonchev–Trinajstić information content (AvgIpc) is 3.02. The summed E-state index contributed by atoms with van der Waals surface area (Å²) in [7, 11) is 0. The molecule has 0 spiro atoms. The molecule has 0 aliphatic carbocycles. The van der Waals surface area contributed by atoms with Gasteiger partial charge >= 0.3 is 6.03 Å². The molecule has 27 heavy (non-hydrogen) atoms. The van der Waals surface area contributed by atoms with Crippen LogP contribution in [0.15, 0.2) is 48.5 Å². The molecule has 1 fully saturated rings. The van der Waals surface area contributed by atoms with Gasteiger partial charge in [-0.25, -0.2) is 4.79 Å². The fourth-order valence-corrected chi connectivity index (χ4v) is 3.23. The Morgan fingerprint density at radius 1 is 1.26 bits per heavy atom. The molecule has 3 rings (SSSR count). The number of ether oxygens (including phenoxy) is 1. The van der Waals surface area contributed by atoms with Crippen LogP contribution >= 0.6 is 11.6 Å². The molecule has 142 valence electrons. The van der Waals surface area contributed by atoms with E-state index < -0.39 is 0 Å². The number of carbonyl (C=O) groups excluding carboxylic acids is 2. The molecule has 1 atom stereocenters. The minimum atomic E-state index is -0.316. The number of hydrogen-bond acceptors (Lipinski definition) is 3. The van der Waals surface area contributed by atoms with Crippen molar-refractivity contribution in [3.05, 3.63) is 53.6 Å². The van der Waals surface area contributed by atoms with E-state index in [1.807, 2.05) is 31.2 Å². The predicted octanol–water partition coefficient (Wildman–Crippen LogP) is 3.91. The van der Waals surface area contributed by atoms with Gasteiger partial charge in [-0.3, -0.25) is 4.79 Å². The van der Waals surface area contributed by atoms with Crippen LogP contribution in [0.25, 0.3) is 0 Å². The van der Waals surface area contributed by atoms with Crippen molar-refractivity contribution in [1.82, 2.24) is 5.32 Å². The Morgan fingerprint density at radius 2 is 2.04 bits per heavy atom. The summed E-state index contributed by atoms with van der Waals surface area (Å²) in [6.45, 7) is 3.53. The van der Waals surface area contributed by atoms with Gasteiger partial charge in [-0.05, 0) is 49.4 Å². The molecule has 0 saturated carbocycles. The minimum absolute atomic E-state index is 0.0567. The first-order chi connectivity index (χ1) is 13.0. The summed E-state index contributed by atoms with van der Waals surface area (Å²) in [5.41, 5.74) is 1.47. The summed E-state index contributed by atoms with van der Waals surface area (Å²) in [6, 6.07) is 14.1. The van der Waals surface area contributed by atoms with Gasteiger partial charge in [-0.1, -0.05) is 17.7 Å². The molecule has 1 saturated heterocycles. The molecule has 1 aliphatic heterocycles. The lowest BCUT2D eigenvalue weighted by atomic mass is 10.1.